The molecule has 0 bridgehead atoms. The van der Waals surface area contributed by atoms with Crippen molar-refractivity contribution in [3.8, 4) is 0 Å². The van der Waals surface area contributed by atoms with Crippen molar-refractivity contribution in [2.45, 2.75) is 39.5 Å². The molecule has 1 aliphatic carbocycles. The average molecular weight is 487 g/mol. The summed E-state index contributed by atoms with van der Waals surface area (Å²) in [5.74, 6) is -0.808. The van der Waals surface area contributed by atoms with Crippen molar-refractivity contribution in [1.29, 1.82) is 0 Å². The van der Waals surface area contributed by atoms with Gasteiger partial charge in [0.1, 0.15) is 10.6 Å². The lowest BCUT2D eigenvalue weighted by Crippen LogP contribution is -2.27. The molecule has 0 radical (unpaired) electrons. The highest BCUT2D eigenvalue weighted by Gasteiger charge is 2.28. The Labute approximate surface area is 207 Å². The number of aryl methyl sites for hydroxylation is 3. The smallest absolute Gasteiger partial charge is 0.292 e. The molecule has 6 nitrogen and oxygen atoms in total. The molecule has 0 atom stereocenters. The van der Waals surface area contributed by atoms with Crippen molar-refractivity contribution in [1.82, 2.24) is 5.32 Å². The molecule has 0 unspecified atom stereocenters. The van der Waals surface area contributed by atoms with Crippen molar-refractivity contribution in [3.63, 3.8) is 0 Å². The van der Waals surface area contributed by atoms with E-state index in [1.165, 1.54) is 17.4 Å². The van der Waals surface area contributed by atoms with Gasteiger partial charge in [0.2, 0.25) is 0 Å². The van der Waals surface area contributed by atoms with Crippen LogP contribution in [0.3, 0.4) is 0 Å². The van der Waals surface area contributed by atoms with Gasteiger partial charge in [0.15, 0.2) is 11.2 Å². The number of benzene rings is 2. The Morgan fingerprint density at radius 2 is 1.77 bits per heavy atom. The number of rotatable bonds is 6. The molecule has 2 heterocycles. The quantitative estimate of drug-likeness (QED) is 0.393. The summed E-state index contributed by atoms with van der Waals surface area (Å²) < 4.78 is 5.80. The fraction of sp³-hybridized carbons (Fsp3) is 0.250. The standard InChI is InChI=1S/C28H26N2O4S/c1-16-13-20-21(31)15-23(34-22(20)14-17(16)2)26(32)30-28-25(19-9-6-10-24(19)35-28)27(33)29-12-11-18-7-4-3-5-8-18/h3-5,7-8,13-15H,6,9-12H2,1-2H3,(H,29,33)(H,30,32). The Morgan fingerprint density at radius 3 is 2.57 bits per heavy atom. The Bertz CT molecular complexity index is 1500. The highest BCUT2D eigenvalue weighted by molar-refractivity contribution is 7.17. The Hall–Kier alpha value is -3.71. The van der Waals surface area contributed by atoms with E-state index in [4.69, 9.17) is 4.42 Å². The first-order valence-corrected chi connectivity index (χ1v) is 12.6. The molecule has 2 amide bonds. The molecule has 2 aromatic carbocycles. The number of anilines is 1. The lowest BCUT2D eigenvalue weighted by molar-refractivity contribution is 0.0954. The Kier molecular flexibility index (Phi) is 6.26. The van der Waals surface area contributed by atoms with Gasteiger partial charge in [0, 0.05) is 17.5 Å². The zero-order chi connectivity index (χ0) is 24.5. The number of thiophene rings is 1. The minimum atomic E-state index is -0.541. The van der Waals surface area contributed by atoms with E-state index in [1.54, 1.807) is 12.1 Å². The van der Waals surface area contributed by atoms with Gasteiger partial charge in [-0.1, -0.05) is 30.3 Å². The molecule has 0 fully saturated rings. The van der Waals surface area contributed by atoms with Crippen LogP contribution in [0, 0.1) is 13.8 Å². The van der Waals surface area contributed by atoms with Crippen LogP contribution < -0.4 is 16.1 Å². The van der Waals surface area contributed by atoms with Crippen LogP contribution in [-0.2, 0) is 19.3 Å². The molecule has 5 rings (SSSR count). The van der Waals surface area contributed by atoms with Gasteiger partial charge in [0.05, 0.1) is 10.9 Å². The molecule has 1 aliphatic rings. The van der Waals surface area contributed by atoms with Crippen LogP contribution in [0.2, 0.25) is 0 Å². The van der Waals surface area contributed by atoms with Gasteiger partial charge >= 0.3 is 0 Å². The fourth-order valence-corrected chi connectivity index (χ4v) is 5.76. The van der Waals surface area contributed by atoms with E-state index >= 15 is 0 Å². The van der Waals surface area contributed by atoms with E-state index in [0.717, 1.165) is 52.8 Å². The van der Waals surface area contributed by atoms with Gasteiger partial charge in [0.25, 0.3) is 11.8 Å². The predicted molar refractivity (Wildman–Crippen MR) is 139 cm³/mol. The van der Waals surface area contributed by atoms with Crippen LogP contribution in [0.4, 0.5) is 5.00 Å². The molecule has 0 saturated heterocycles. The van der Waals surface area contributed by atoms with Gasteiger partial charge in [-0.05, 0) is 73.9 Å². The summed E-state index contributed by atoms with van der Waals surface area (Å²) in [5, 5.41) is 6.80. The number of hydrogen-bond acceptors (Lipinski definition) is 5. The van der Waals surface area contributed by atoms with Crippen LogP contribution in [0.15, 0.2) is 57.7 Å². The third-order valence-electron chi connectivity index (χ3n) is 6.48. The number of nitrogens with one attached hydrogen (secondary N) is 2. The number of carbonyl (C=O) groups excluding carboxylic acids is 2. The van der Waals surface area contributed by atoms with E-state index in [-0.39, 0.29) is 17.1 Å². The second-order valence-corrected chi connectivity index (χ2v) is 10.0. The van der Waals surface area contributed by atoms with Crippen LogP contribution in [-0.4, -0.2) is 18.4 Å². The average Bonchev–Trinajstić information content (AvgIpc) is 3.41. The van der Waals surface area contributed by atoms with E-state index in [9.17, 15) is 14.4 Å². The summed E-state index contributed by atoms with van der Waals surface area (Å²) in [5.41, 5.74) is 4.74. The van der Waals surface area contributed by atoms with Crippen LogP contribution in [0.25, 0.3) is 11.0 Å². The first-order chi connectivity index (χ1) is 16.9. The number of carbonyl (C=O) groups is 2. The molecular formula is C28H26N2O4S. The monoisotopic (exact) mass is 486 g/mol. The van der Waals surface area contributed by atoms with Crippen molar-refractivity contribution >= 4 is 39.1 Å². The normalized spacial score (nSPS) is 12.5. The summed E-state index contributed by atoms with van der Waals surface area (Å²) >= 11 is 1.43. The highest BCUT2D eigenvalue weighted by Crippen LogP contribution is 2.39. The maximum atomic E-state index is 13.2. The molecule has 4 aromatic rings. The first kappa shape index (κ1) is 23.1. The maximum Gasteiger partial charge on any atom is 0.292 e. The zero-order valence-electron chi connectivity index (χ0n) is 19.7. The minimum absolute atomic E-state index is 0.0743. The maximum absolute atomic E-state index is 13.2. The van der Waals surface area contributed by atoms with E-state index in [0.29, 0.717) is 28.1 Å². The first-order valence-electron chi connectivity index (χ1n) is 11.7. The molecule has 0 saturated carbocycles. The summed E-state index contributed by atoms with van der Waals surface area (Å²) in [7, 11) is 0. The second kappa shape index (κ2) is 9.50. The molecule has 178 valence electrons. The lowest BCUT2D eigenvalue weighted by Gasteiger charge is -2.10. The summed E-state index contributed by atoms with van der Waals surface area (Å²) in [6.45, 7) is 4.35. The van der Waals surface area contributed by atoms with Crippen molar-refractivity contribution < 1.29 is 14.0 Å². The molecule has 35 heavy (non-hydrogen) atoms. The van der Waals surface area contributed by atoms with Crippen molar-refractivity contribution in [3.05, 3.63) is 97.2 Å². The molecule has 0 aliphatic heterocycles. The number of hydrogen-bond donors (Lipinski definition) is 2. The number of amides is 2. The minimum Gasteiger partial charge on any atom is -0.451 e. The van der Waals surface area contributed by atoms with Gasteiger partial charge in [-0.3, -0.25) is 14.4 Å². The molecule has 0 spiro atoms. The predicted octanol–water partition coefficient (Wildman–Crippen LogP) is 5.18. The van der Waals surface area contributed by atoms with Gasteiger partial charge < -0.3 is 15.1 Å². The molecule has 2 aromatic heterocycles. The lowest BCUT2D eigenvalue weighted by atomic mass is 10.1. The van der Waals surface area contributed by atoms with Gasteiger partial charge in [-0.25, -0.2) is 0 Å². The van der Waals surface area contributed by atoms with E-state index < -0.39 is 5.91 Å². The van der Waals surface area contributed by atoms with Crippen LogP contribution in [0.5, 0.6) is 0 Å². The molecule has 7 heteroatoms. The SMILES string of the molecule is Cc1cc2oc(C(=O)Nc3sc4c(c3C(=O)NCCc3ccccc3)CCC4)cc(=O)c2cc1C. The van der Waals surface area contributed by atoms with Crippen molar-refractivity contribution in [2.75, 3.05) is 11.9 Å². The molecule has 2 N–H and O–H groups in total. The third-order valence-corrected chi connectivity index (χ3v) is 7.69. The van der Waals surface area contributed by atoms with Gasteiger partial charge in [-0.15, -0.1) is 11.3 Å². The fourth-order valence-electron chi connectivity index (χ4n) is 4.47. The summed E-state index contributed by atoms with van der Waals surface area (Å²) in [4.78, 5) is 40.0. The topological polar surface area (TPSA) is 88.4 Å². The van der Waals surface area contributed by atoms with E-state index in [2.05, 4.69) is 10.6 Å². The largest absolute Gasteiger partial charge is 0.451 e. The molecular weight excluding hydrogens is 460 g/mol. The van der Waals surface area contributed by atoms with Gasteiger partial charge in [-0.2, -0.15) is 0 Å². The Balaban J connectivity index is 1.39. The van der Waals surface area contributed by atoms with Crippen LogP contribution in [0.1, 0.15) is 54.5 Å². The Morgan fingerprint density at radius 1 is 1.00 bits per heavy atom. The highest BCUT2D eigenvalue weighted by atomic mass is 32.1. The second-order valence-electron chi connectivity index (χ2n) is 8.91. The third kappa shape index (κ3) is 4.64. The summed E-state index contributed by atoms with van der Waals surface area (Å²) in [6.07, 6.45) is 3.43. The van der Waals surface area contributed by atoms with Crippen LogP contribution >= 0.6 is 11.3 Å². The van der Waals surface area contributed by atoms with E-state index in [1.807, 2.05) is 44.2 Å². The van der Waals surface area contributed by atoms with Crippen molar-refractivity contribution in [2.24, 2.45) is 0 Å². The summed E-state index contributed by atoms with van der Waals surface area (Å²) in [6, 6.07) is 14.7. The number of fused-ring (bicyclic) bond motifs is 2. The zero-order valence-corrected chi connectivity index (χ0v) is 20.5.